The van der Waals surface area contributed by atoms with E-state index in [-0.39, 0.29) is 11.4 Å². The fourth-order valence-corrected chi connectivity index (χ4v) is 1.23. The molecule has 0 aromatic carbocycles. The molecule has 4 N–H and O–H groups in total. The molecule has 2 heterocycles. The SMILES string of the molecule is O=c1cc(-c2cc(=O)[nH]c(=O)[nH]2)[nH]c(=O)[nH]1. The highest BCUT2D eigenvalue weighted by Gasteiger charge is 2.02. The van der Waals surface area contributed by atoms with Gasteiger partial charge in [0.2, 0.25) is 0 Å². The van der Waals surface area contributed by atoms with Gasteiger partial charge in [-0.3, -0.25) is 19.6 Å². The number of hydrogen-bond donors (Lipinski definition) is 4. The molecule has 0 unspecified atom stereocenters. The van der Waals surface area contributed by atoms with Crippen LogP contribution in [-0.2, 0) is 0 Å². The molecule has 0 atom stereocenters. The molecule has 0 aliphatic heterocycles. The largest absolute Gasteiger partial charge is 0.326 e. The van der Waals surface area contributed by atoms with Gasteiger partial charge in [0.25, 0.3) is 11.1 Å². The molecule has 0 spiro atoms. The Hall–Kier alpha value is -2.64. The molecule has 0 bridgehead atoms. The number of H-pyrrole nitrogens is 4. The minimum absolute atomic E-state index is 0.0666. The first-order valence-electron chi connectivity index (χ1n) is 4.22. The Kier molecular flexibility index (Phi) is 2.16. The van der Waals surface area contributed by atoms with Gasteiger partial charge in [-0.25, -0.2) is 9.59 Å². The molecule has 0 aliphatic carbocycles. The summed E-state index contributed by atoms with van der Waals surface area (Å²) in [6.07, 6.45) is 0. The first-order valence-corrected chi connectivity index (χ1v) is 4.22. The van der Waals surface area contributed by atoms with Gasteiger partial charge in [0.05, 0.1) is 11.4 Å². The maximum Gasteiger partial charge on any atom is 0.326 e. The van der Waals surface area contributed by atoms with Crippen molar-refractivity contribution in [3.8, 4) is 11.4 Å². The van der Waals surface area contributed by atoms with Gasteiger partial charge in [0, 0.05) is 12.1 Å². The zero-order valence-corrected chi connectivity index (χ0v) is 7.79. The Labute approximate surface area is 86.0 Å². The summed E-state index contributed by atoms with van der Waals surface area (Å²) in [4.78, 5) is 52.4. The maximum absolute atomic E-state index is 11.0. The van der Waals surface area contributed by atoms with E-state index in [1.54, 1.807) is 0 Å². The third-order valence-corrected chi connectivity index (χ3v) is 1.81. The highest BCUT2D eigenvalue weighted by molar-refractivity contribution is 5.51. The molecule has 8 nitrogen and oxygen atoms in total. The molecule has 16 heavy (non-hydrogen) atoms. The van der Waals surface area contributed by atoms with E-state index in [1.807, 2.05) is 9.97 Å². The molecular formula is C8H6N4O4. The van der Waals surface area contributed by atoms with Crippen LogP contribution in [0.3, 0.4) is 0 Å². The van der Waals surface area contributed by atoms with Gasteiger partial charge in [0.1, 0.15) is 0 Å². The lowest BCUT2D eigenvalue weighted by Crippen LogP contribution is -2.25. The molecule has 0 amide bonds. The third kappa shape index (κ3) is 1.90. The second-order valence-corrected chi connectivity index (χ2v) is 3.00. The molecule has 2 aromatic heterocycles. The lowest BCUT2D eigenvalue weighted by molar-refractivity contribution is 1.00. The van der Waals surface area contributed by atoms with Crippen molar-refractivity contribution in [3.05, 3.63) is 53.8 Å². The molecule has 2 aromatic rings. The number of rotatable bonds is 1. The summed E-state index contributed by atoms with van der Waals surface area (Å²) in [5, 5.41) is 0. The summed E-state index contributed by atoms with van der Waals surface area (Å²) in [5.41, 5.74) is -2.55. The lowest BCUT2D eigenvalue weighted by atomic mass is 10.3. The Morgan fingerprint density at radius 2 is 1.00 bits per heavy atom. The van der Waals surface area contributed by atoms with Crippen molar-refractivity contribution in [2.45, 2.75) is 0 Å². The number of nitrogens with one attached hydrogen (secondary N) is 4. The van der Waals surface area contributed by atoms with Crippen LogP contribution in [0.5, 0.6) is 0 Å². The van der Waals surface area contributed by atoms with Crippen molar-refractivity contribution in [1.82, 2.24) is 19.9 Å². The van der Waals surface area contributed by atoms with Crippen molar-refractivity contribution in [2.24, 2.45) is 0 Å². The number of hydrogen-bond acceptors (Lipinski definition) is 4. The first kappa shape index (κ1) is 9.90. The van der Waals surface area contributed by atoms with Crippen LogP contribution in [0.2, 0.25) is 0 Å². The van der Waals surface area contributed by atoms with Gasteiger partial charge in [0.15, 0.2) is 0 Å². The molecule has 0 fully saturated rings. The van der Waals surface area contributed by atoms with Gasteiger partial charge in [-0.05, 0) is 0 Å². The summed E-state index contributed by atoms with van der Waals surface area (Å²) >= 11 is 0. The highest BCUT2D eigenvalue weighted by Crippen LogP contribution is 2.04. The van der Waals surface area contributed by atoms with E-state index in [4.69, 9.17) is 0 Å². The van der Waals surface area contributed by atoms with Gasteiger partial charge < -0.3 is 9.97 Å². The second kappa shape index (κ2) is 3.50. The zero-order valence-electron chi connectivity index (χ0n) is 7.79. The van der Waals surface area contributed by atoms with E-state index >= 15 is 0 Å². The Balaban J connectivity index is 2.76. The van der Waals surface area contributed by atoms with E-state index in [1.165, 1.54) is 0 Å². The normalized spacial score (nSPS) is 10.2. The topological polar surface area (TPSA) is 131 Å². The zero-order chi connectivity index (χ0) is 11.7. The summed E-state index contributed by atoms with van der Waals surface area (Å²) in [6.45, 7) is 0. The quantitative estimate of drug-likeness (QED) is 0.449. The number of aromatic nitrogens is 4. The van der Waals surface area contributed by atoms with E-state index in [2.05, 4.69) is 9.97 Å². The van der Waals surface area contributed by atoms with Gasteiger partial charge in [-0.15, -0.1) is 0 Å². The minimum atomic E-state index is -0.719. The summed E-state index contributed by atoms with van der Waals surface area (Å²) < 4.78 is 0. The van der Waals surface area contributed by atoms with Gasteiger partial charge >= 0.3 is 11.4 Å². The van der Waals surface area contributed by atoms with Gasteiger partial charge in [-0.2, -0.15) is 0 Å². The van der Waals surface area contributed by atoms with Crippen molar-refractivity contribution in [1.29, 1.82) is 0 Å². The third-order valence-electron chi connectivity index (χ3n) is 1.81. The van der Waals surface area contributed by atoms with Crippen LogP contribution in [0.15, 0.2) is 31.3 Å². The molecule has 8 heteroatoms. The van der Waals surface area contributed by atoms with Crippen LogP contribution in [-0.4, -0.2) is 19.9 Å². The average molecular weight is 222 g/mol. The fraction of sp³-hybridized carbons (Fsp3) is 0. The Morgan fingerprint density at radius 3 is 1.31 bits per heavy atom. The predicted molar refractivity (Wildman–Crippen MR) is 54.4 cm³/mol. The molecule has 2 rings (SSSR count). The van der Waals surface area contributed by atoms with Crippen LogP contribution in [0.4, 0.5) is 0 Å². The van der Waals surface area contributed by atoms with Crippen molar-refractivity contribution < 1.29 is 0 Å². The summed E-state index contributed by atoms with van der Waals surface area (Å²) in [5.74, 6) is 0. The number of aromatic amines is 4. The summed E-state index contributed by atoms with van der Waals surface area (Å²) in [6, 6.07) is 2.12. The Bertz CT molecular complexity index is 626. The maximum atomic E-state index is 11.0. The van der Waals surface area contributed by atoms with Crippen LogP contribution in [0.1, 0.15) is 0 Å². The fourth-order valence-electron chi connectivity index (χ4n) is 1.23. The Morgan fingerprint density at radius 1 is 0.625 bits per heavy atom. The van der Waals surface area contributed by atoms with Crippen LogP contribution < -0.4 is 22.5 Å². The predicted octanol–water partition coefficient (Wildman–Crippen LogP) is -1.89. The molecule has 0 saturated carbocycles. The van der Waals surface area contributed by atoms with Crippen LogP contribution in [0, 0.1) is 0 Å². The molecule has 0 radical (unpaired) electrons. The van der Waals surface area contributed by atoms with Gasteiger partial charge in [-0.1, -0.05) is 0 Å². The molecule has 0 aliphatic rings. The van der Waals surface area contributed by atoms with Crippen molar-refractivity contribution in [3.63, 3.8) is 0 Å². The van der Waals surface area contributed by atoms with E-state index in [0.29, 0.717) is 0 Å². The molecule has 82 valence electrons. The first-order chi connectivity index (χ1) is 7.54. The highest BCUT2D eigenvalue weighted by atomic mass is 16.2. The standard InChI is InChI=1S/C8H6N4O4/c13-5-1-3(9-7(15)11-5)4-2-6(14)12-8(16)10-4/h1-2H,(H2,9,11,13,15)(H2,10,12,14,16). The van der Waals surface area contributed by atoms with E-state index in [0.717, 1.165) is 12.1 Å². The smallest absolute Gasteiger partial charge is 0.305 e. The van der Waals surface area contributed by atoms with Crippen molar-refractivity contribution in [2.75, 3.05) is 0 Å². The van der Waals surface area contributed by atoms with Crippen LogP contribution in [0.25, 0.3) is 11.4 Å². The molecular weight excluding hydrogens is 216 g/mol. The van der Waals surface area contributed by atoms with E-state index in [9.17, 15) is 19.2 Å². The van der Waals surface area contributed by atoms with Crippen LogP contribution >= 0.6 is 0 Å². The van der Waals surface area contributed by atoms with E-state index < -0.39 is 22.5 Å². The monoisotopic (exact) mass is 222 g/mol. The van der Waals surface area contributed by atoms with Crippen molar-refractivity contribution >= 4 is 0 Å². The average Bonchev–Trinajstić information content (AvgIpc) is 2.14. The minimum Gasteiger partial charge on any atom is -0.305 e. The summed E-state index contributed by atoms with van der Waals surface area (Å²) in [7, 11) is 0. The second-order valence-electron chi connectivity index (χ2n) is 3.00. The lowest BCUT2D eigenvalue weighted by Gasteiger charge is -1.98. The molecule has 0 saturated heterocycles.